The number of carbonyl (C=O) groups excluding carboxylic acids is 2. The van der Waals surface area contributed by atoms with Gasteiger partial charge in [-0.2, -0.15) is 0 Å². The van der Waals surface area contributed by atoms with Crippen LogP contribution in [-0.2, 0) is 11.3 Å². The third-order valence-electron chi connectivity index (χ3n) is 4.40. The number of anilines is 1. The van der Waals surface area contributed by atoms with E-state index in [1.165, 1.54) is 6.08 Å². The second-order valence-electron chi connectivity index (χ2n) is 6.52. The zero-order chi connectivity index (χ0) is 22.1. The van der Waals surface area contributed by atoms with Gasteiger partial charge in [-0.25, -0.2) is 0 Å². The Morgan fingerprint density at radius 3 is 2.61 bits per heavy atom. The van der Waals surface area contributed by atoms with Crippen LogP contribution in [0.4, 0.5) is 5.69 Å². The number of hydrogen-bond acceptors (Lipinski definition) is 5. The lowest BCUT2D eigenvalue weighted by Crippen LogP contribution is -2.23. The predicted molar refractivity (Wildman–Crippen MR) is 119 cm³/mol. The molecule has 158 valence electrons. The molecule has 0 aliphatic rings. The number of benzene rings is 2. The van der Waals surface area contributed by atoms with Gasteiger partial charge in [-0.1, -0.05) is 12.1 Å². The summed E-state index contributed by atoms with van der Waals surface area (Å²) >= 11 is 0. The van der Waals surface area contributed by atoms with E-state index in [-0.39, 0.29) is 11.8 Å². The number of rotatable bonds is 8. The number of amides is 2. The molecule has 2 aromatic carbocycles. The van der Waals surface area contributed by atoms with Gasteiger partial charge in [0.25, 0.3) is 5.91 Å². The Morgan fingerprint density at radius 1 is 1.00 bits per heavy atom. The highest BCUT2D eigenvalue weighted by Gasteiger charge is 2.08. The molecule has 1 aromatic heterocycles. The molecule has 31 heavy (non-hydrogen) atoms. The van der Waals surface area contributed by atoms with Crippen LogP contribution >= 0.6 is 0 Å². The second kappa shape index (κ2) is 10.6. The van der Waals surface area contributed by atoms with E-state index in [9.17, 15) is 9.59 Å². The maximum absolute atomic E-state index is 12.4. The molecule has 2 N–H and O–H groups in total. The van der Waals surface area contributed by atoms with Crippen molar-refractivity contribution in [1.29, 1.82) is 0 Å². The first kappa shape index (κ1) is 21.6. The molecule has 7 nitrogen and oxygen atoms in total. The van der Waals surface area contributed by atoms with Gasteiger partial charge in [-0.3, -0.25) is 14.6 Å². The van der Waals surface area contributed by atoms with Gasteiger partial charge < -0.3 is 20.1 Å². The summed E-state index contributed by atoms with van der Waals surface area (Å²) in [6.07, 6.45) is 4.72. The van der Waals surface area contributed by atoms with Gasteiger partial charge in [0.05, 0.1) is 26.5 Å². The van der Waals surface area contributed by atoms with E-state index in [2.05, 4.69) is 15.6 Å². The Morgan fingerprint density at radius 2 is 1.87 bits per heavy atom. The second-order valence-corrected chi connectivity index (χ2v) is 6.52. The third kappa shape index (κ3) is 6.17. The first-order chi connectivity index (χ1) is 15.1. The van der Waals surface area contributed by atoms with Crippen LogP contribution in [0.2, 0.25) is 0 Å². The monoisotopic (exact) mass is 417 g/mol. The maximum atomic E-state index is 12.4. The van der Waals surface area contributed by atoms with Crippen molar-refractivity contribution in [2.45, 2.75) is 6.54 Å². The number of nitrogens with zero attached hydrogens (tertiary/aromatic N) is 1. The van der Waals surface area contributed by atoms with Crippen LogP contribution in [0, 0.1) is 0 Å². The van der Waals surface area contributed by atoms with Crippen molar-refractivity contribution in [3.63, 3.8) is 0 Å². The van der Waals surface area contributed by atoms with Gasteiger partial charge in [0, 0.05) is 35.2 Å². The SMILES string of the molecule is COc1ccc(C=CC(=O)Nc2cccc(C(=O)NCc3ccccn3)c2)c(OC)c1. The molecule has 1 heterocycles. The van der Waals surface area contributed by atoms with Crippen LogP contribution in [0.1, 0.15) is 21.6 Å². The standard InChI is InChI=1S/C24H23N3O4/c1-30-21-11-9-17(22(15-21)31-2)10-12-23(28)27-19-8-5-6-18(14-19)24(29)26-16-20-7-3-4-13-25-20/h3-15H,16H2,1-2H3,(H,26,29)(H,27,28). The quantitative estimate of drug-likeness (QED) is 0.546. The molecule has 0 fully saturated rings. The summed E-state index contributed by atoms with van der Waals surface area (Å²) in [7, 11) is 3.13. The molecule has 3 aromatic rings. The average Bonchev–Trinajstić information content (AvgIpc) is 2.81. The highest BCUT2D eigenvalue weighted by atomic mass is 16.5. The molecule has 0 spiro atoms. The van der Waals surface area contributed by atoms with Crippen LogP contribution in [0.3, 0.4) is 0 Å². The number of carbonyl (C=O) groups is 2. The lowest BCUT2D eigenvalue weighted by molar-refractivity contribution is -0.111. The molecule has 0 atom stereocenters. The van der Waals surface area contributed by atoms with Crippen LogP contribution in [0.5, 0.6) is 11.5 Å². The molecule has 0 aliphatic carbocycles. The molecule has 0 radical (unpaired) electrons. The molecule has 0 aliphatic heterocycles. The van der Waals surface area contributed by atoms with Crippen LogP contribution < -0.4 is 20.1 Å². The molecule has 0 bridgehead atoms. The van der Waals surface area contributed by atoms with E-state index in [1.54, 1.807) is 69.0 Å². The third-order valence-corrected chi connectivity index (χ3v) is 4.40. The normalized spacial score (nSPS) is 10.5. The van der Waals surface area contributed by atoms with E-state index in [0.29, 0.717) is 29.3 Å². The van der Waals surface area contributed by atoms with E-state index < -0.39 is 0 Å². The van der Waals surface area contributed by atoms with Crippen molar-refractivity contribution in [3.05, 3.63) is 89.8 Å². The summed E-state index contributed by atoms with van der Waals surface area (Å²) in [5, 5.41) is 5.57. The van der Waals surface area contributed by atoms with Crippen molar-refractivity contribution < 1.29 is 19.1 Å². The Bertz CT molecular complexity index is 1080. The fourth-order valence-corrected chi connectivity index (χ4v) is 2.82. The van der Waals surface area contributed by atoms with Crippen LogP contribution in [-0.4, -0.2) is 31.0 Å². The molecule has 0 saturated carbocycles. The number of pyridine rings is 1. The molecule has 3 rings (SSSR count). The van der Waals surface area contributed by atoms with Crippen molar-refractivity contribution in [1.82, 2.24) is 10.3 Å². The van der Waals surface area contributed by atoms with Gasteiger partial charge in [-0.15, -0.1) is 0 Å². The lowest BCUT2D eigenvalue weighted by atomic mass is 10.1. The highest BCUT2D eigenvalue weighted by molar-refractivity contribution is 6.03. The van der Waals surface area contributed by atoms with Crippen LogP contribution in [0.25, 0.3) is 6.08 Å². The molecule has 7 heteroatoms. The lowest BCUT2D eigenvalue weighted by Gasteiger charge is -2.08. The molecule has 0 saturated heterocycles. The number of methoxy groups -OCH3 is 2. The summed E-state index contributed by atoms with van der Waals surface area (Å²) in [5.41, 5.74) is 2.46. The minimum atomic E-state index is -0.330. The maximum Gasteiger partial charge on any atom is 0.251 e. The summed E-state index contributed by atoms with van der Waals surface area (Å²) in [4.78, 5) is 28.9. The Labute approximate surface area is 180 Å². The Kier molecular flexibility index (Phi) is 7.37. The van der Waals surface area contributed by atoms with E-state index >= 15 is 0 Å². The largest absolute Gasteiger partial charge is 0.497 e. The van der Waals surface area contributed by atoms with Crippen molar-refractivity contribution in [2.24, 2.45) is 0 Å². The van der Waals surface area contributed by atoms with Crippen LogP contribution in [0.15, 0.2) is 72.9 Å². The fraction of sp³-hybridized carbons (Fsp3) is 0.125. The van der Waals surface area contributed by atoms with Gasteiger partial charge in [-0.05, 0) is 48.5 Å². The average molecular weight is 417 g/mol. The van der Waals surface area contributed by atoms with Crippen molar-refractivity contribution in [3.8, 4) is 11.5 Å². The minimum Gasteiger partial charge on any atom is -0.497 e. The van der Waals surface area contributed by atoms with Gasteiger partial charge in [0.1, 0.15) is 11.5 Å². The predicted octanol–water partition coefficient (Wildman–Crippen LogP) is 3.68. The topological polar surface area (TPSA) is 89.5 Å². The number of hydrogen-bond donors (Lipinski definition) is 2. The first-order valence-electron chi connectivity index (χ1n) is 9.58. The van der Waals surface area contributed by atoms with Gasteiger partial charge in [0.15, 0.2) is 0 Å². The number of ether oxygens (including phenoxy) is 2. The zero-order valence-electron chi connectivity index (χ0n) is 17.3. The van der Waals surface area contributed by atoms with Crippen molar-refractivity contribution in [2.75, 3.05) is 19.5 Å². The summed E-state index contributed by atoms with van der Waals surface area (Å²) in [5.74, 6) is 0.677. The van der Waals surface area contributed by atoms with Gasteiger partial charge in [0.2, 0.25) is 5.91 Å². The minimum absolute atomic E-state index is 0.250. The summed E-state index contributed by atoms with van der Waals surface area (Å²) in [6, 6.07) is 17.6. The zero-order valence-corrected chi connectivity index (χ0v) is 17.3. The molecule has 2 amide bonds. The van der Waals surface area contributed by atoms with Crippen molar-refractivity contribution >= 4 is 23.6 Å². The fourth-order valence-electron chi connectivity index (χ4n) is 2.82. The van der Waals surface area contributed by atoms with E-state index in [0.717, 1.165) is 11.3 Å². The molecular weight excluding hydrogens is 394 g/mol. The molecule has 0 unspecified atom stereocenters. The molecular formula is C24H23N3O4. The summed E-state index contributed by atoms with van der Waals surface area (Å²) in [6.45, 7) is 0.322. The highest BCUT2D eigenvalue weighted by Crippen LogP contribution is 2.25. The Balaban J connectivity index is 1.62. The Hall–Kier alpha value is -4.13. The number of nitrogens with one attached hydrogen (secondary N) is 2. The number of aromatic nitrogens is 1. The van der Waals surface area contributed by atoms with Gasteiger partial charge >= 0.3 is 0 Å². The smallest absolute Gasteiger partial charge is 0.251 e. The summed E-state index contributed by atoms with van der Waals surface area (Å²) < 4.78 is 10.5. The van der Waals surface area contributed by atoms with E-state index in [1.807, 2.05) is 18.2 Å². The van der Waals surface area contributed by atoms with E-state index in [4.69, 9.17) is 9.47 Å². The first-order valence-corrected chi connectivity index (χ1v) is 9.58.